The fourth-order valence-corrected chi connectivity index (χ4v) is 1.34. The van der Waals surface area contributed by atoms with Crippen molar-refractivity contribution in [3.63, 3.8) is 0 Å². The molecular weight excluding hydrogens is 187 g/mol. The largest absolute Gasteiger partial charge is 0.346 e. The maximum Gasteiger partial charge on any atom is 0.184 e. The first kappa shape index (κ1) is 9.30. The first-order chi connectivity index (χ1) is 6.81. The number of rotatable bonds is 2. The summed E-state index contributed by atoms with van der Waals surface area (Å²) in [6, 6.07) is 4.31. The van der Waals surface area contributed by atoms with Crippen LogP contribution in [-0.2, 0) is 9.47 Å². The molecule has 14 heavy (non-hydrogen) atoms. The zero-order valence-corrected chi connectivity index (χ0v) is 7.40. The monoisotopic (exact) mass is 196 g/mol. The van der Waals surface area contributed by atoms with Crippen LogP contribution in [0.15, 0.2) is 18.2 Å². The Kier molecular flexibility index (Phi) is 2.56. The average Bonchev–Trinajstić information content (AvgIpc) is 2.70. The average molecular weight is 196 g/mol. The lowest BCUT2D eigenvalue weighted by atomic mass is 10.1. The molecule has 1 aromatic carbocycles. The standard InChI is InChI=1S/C10H9FO3/c11-9-5-7(1-2-8(9)6-12)10-13-3-4-14-10/h1-2,5-6,10H,3-4H2. The molecule has 0 radical (unpaired) electrons. The van der Waals surface area contributed by atoms with Gasteiger partial charge in [-0.05, 0) is 12.1 Å². The van der Waals surface area contributed by atoms with E-state index in [0.717, 1.165) is 0 Å². The van der Waals surface area contributed by atoms with E-state index in [-0.39, 0.29) is 5.56 Å². The number of halogens is 1. The van der Waals surface area contributed by atoms with E-state index in [2.05, 4.69) is 0 Å². The maximum absolute atomic E-state index is 13.2. The molecule has 0 saturated carbocycles. The third-order valence-corrected chi connectivity index (χ3v) is 2.05. The summed E-state index contributed by atoms with van der Waals surface area (Å²) in [5, 5.41) is 0. The lowest BCUT2D eigenvalue weighted by molar-refractivity contribution is -0.0443. The van der Waals surface area contributed by atoms with Crippen molar-refractivity contribution in [3.8, 4) is 0 Å². The summed E-state index contributed by atoms with van der Waals surface area (Å²) >= 11 is 0. The third-order valence-electron chi connectivity index (χ3n) is 2.05. The minimum absolute atomic E-state index is 0.0479. The Bertz CT molecular complexity index is 345. The highest BCUT2D eigenvalue weighted by molar-refractivity contribution is 5.75. The van der Waals surface area contributed by atoms with Crippen molar-refractivity contribution in [2.45, 2.75) is 6.29 Å². The van der Waals surface area contributed by atoms with Gasteiger partial charge in [-0.3, -0.25) is 4.79 Å². The van der Waals surface area contributed by atoms with Crippen molar-refractivity contribution in [3.05, 3.63) is 35.1 Å². The topological polar surface area (TPSA) is 35.5 Å². The van der Waals surface area contributed by atoms with Crippen molar-refractivity contribution in [2.24, 2.45) is 0 Å². The smallest absolute Gasteiger partial charge is 0.184 e. The molecule has 0 N–H and O–H groups in total. The summed E-state index contributed by atoms with van der Waals surface area (Å²) in [6.07, 6.45) is -0.0136. The van der Waals surface area contributed by atoms with E-state index in [1.54, 1.807) is 6.07 Å². The molecule has 0 amide bonds. The second kappa shape index (κ2) is 3.86. The van der Waals surface area contributed by atoms with Crippen LogP contribution in [0, 0.1) is 5.82 Å². The van der Waals surface area contributed by atoms with Crippen LogP contribution < -0.4 is 0 Å². The number of hydrogen-bond donors (Lipinski definition) is 0. The zero-order chi connectivity index (χ0) is 9.97. The Morgan fingerprint density at radius 1 is 1.36 bits per heavy atom. The molecule has 0 aromatic heterocycles. The molecule has 0 spiro atoms. The molecule has 0 aliphatic carbocycles. The Morgan fingerprint density at radius 3 is 2.64 bits per heavy atom. The van der Waals surface area contributed by atoms with Gasteiger partial charge in [-0.1, -0.05) is 6.07 Å². The Hall–Kier alpha value is -1.26. The van der Waals surface area contributed by atoms with E-state index < -0.39 is 12.1 Å². The van der Waals surface area contributed by atoms with Crippen LogP contribution in [-0.4, -0.2) is 19.5 Å². The Labute approximate surface area is 80.4 Å². The molecule has 2 rings (SSSR count). The highest BCUT2D eigenvalue weighted by Crippen LogP contribution is 2.24. The van der Waals surface area contributed by atoms with Crippen LogP contribution >= 0.6 is 0 Å². The Morgan fingerprint density at radius 2 is 2.07 bits per heavy atom. The quantitative estimate of drug-likeness (QED) is 0.675. The lowest BCUT2D eigenvalue weighted by Crippen LogP contribution is -1.99. The minimum atomic E-state index is -0.545. The van der Waals surface area contributed by atoms with Gasteiger partial charge in [-0.25, -0.2) is 4.39 Å². The van der Waals surface area contributed by atoms with Gasteiger partial charge in [-0.2, -0.15) is 0 Å². The van der Waals surface area contributed by atoms with Gasteiger partial charge in [0.05, 0.1) is 18.8 Å². The number of benzene rings is 1. The molecule has 1 aromatic rings. The molecule has 1 aliphatic heterocycles. The van der Waals surface area contributed by atoms with E-state index in [1.165, 1.54) is 12.1 Å². The van der Waals surface area contributed by atoms with Gasteiger partial charge < -0.3 is 9.47 Å². The van der Waals surface area contributed by atoms with Crippen LogP contribution in [0.25, 0.3) is 0 Å². The van der Waals surface area contributed by atoms with Crippen LogP contribution in [0.3, 0.4) is 0 Å². The fraction of sp³-hybridized carbons (Fsp3) is 0.300. The van der Waals surface area contributed by atoms with E-state index in [1.807, 2.05) is 0 Å². The third kappa shape index (κ3) is 1.66. The van der Waals surface area contributed by atoms with Gasteiger partial charge in [-0.15, -0.1) is 0 Å². The number of hydrogen-bond acceptors (Lipinski definition) is 3. The second-order valence-corrected chi connectivity index (χ2v) is 2.97. The van der Waals surface area contributed by atoms with Gasteiger partial charge >= 0.3 is 0 Å². The summed E-state index contributed by atoms with van der Waals surface area (Å²) in [7, 11) is 0. The molecule has 0 unspecified atom stereocenters. The van der Waals surface area contributed by atoms with Crippen LogP contribution in [0.5, 0.6) is 0 Å². The normalized spacial score (nSPS) is 17.2. The lowest BCUT2D eigenvalue weighted by Gasteiger charge is -2.09. The number of carbonyl (C=O) groups is 1. The van der Waals surface area contributed by atoms with Gasteiger partial charge in [0.25, 0.3) is 0 Å². The van der Waals surface area contributed by atoms with E-state index in [9.17, 15) is 9.18 Å². The first-order valence-corrected chi connectivity index (χ1v) is 4.29. The van der Waals surface area contributed by atoms with Crippen LogP contribution in [0.2, 0.25) is 0 Å². The zero-order valence-electron chi connectivity index (χ0n) is 7.40. The summed E-state index contributed by atoms with van der Waals surface area (Å²) in [5.41, 5.74) is 0.650. The summed E-state index contributed by atoms with van der Waals surface area (Å²) < 4.78 is 23.5. The molecule has 1 heterocycles. The number of ether oxygens (including phenoxy) is 2. The maximum atomic E-state index is 13.2. The van der Waals surface area contributed by atoms with Gasteiger partial charge in [0.15, 0.2) is 12.6 Å². The molecule has 4 heteroatoms. The van der Waals surface area contributed by atoms with Crippen molar-refractivity contribution in [1.82, 2.24) is 0 Å². The second-order valence-electron chi connectivity index (χ2n) is 2.97. The van der Waals surface area contributed by atoms with Gasteiger partial charge in [0, 0.05) is 5.56 Å². The summed E-state index contributed by atoms with van der Waals surface area (Å²) in [4.78, 5) is 10.4. The van der Waals surface area contributed by atoms with Gasteiger partial charge in [0.1, 0.15) is 5.82 Å². The summed E-state index contributed by atoms with van der Waals surface area (Å²) in [6.45, 7) is 1.03. The predicted octanol–water partition coefficient (Wildman–Crippen LogP) is 1.68. The molecule has 1 fully saturated rings. The minimum Gasteiger partial charge on any atom is -0.346 e. The van der Waals surface area contributed by atoms with Crippen molar-refractivity contribution in [2.75, 3.05) is 13.2 Å². The molecule has 1 aliphatic rings. The molecule has 1 saturated heterocycles. The predicted molar refractivity (Wildman–Crippen MR) is 46.4 cm³/mol. The molecule has 0 bridgehead atoms. The molecule has 3 nitrogen and oxygen atoms in total. The SMILES string of the molecule is O=Cc1ccc(C2OCCO2)cc1F. The number of carbonyl (C=O) groups excluding carboxylic acids is 1. The summed E-state index contributed by atoms with van der Waals surface area (Å²) in [5.74, 6) is -0.545. The highest BCUT2D eigenvalue weighted by Gasteiger charge is 2.19. The van der Waals surface area contributed by atoms with Crippen molar-refractivity contribution < 1.29 is 18.7 Å². The van der Waals surface area contributed by atoms with Crippen LogP contribution in [0.1, 0.15) is 22.2 Å². The van der Waals surface area contributed by atoms with E-state index in [0.29, 0.717) is 25.1 Å². The molecule has 74 valence electrons. The van der Waals surface area contributed by atoms with Crippen molar-refractivity contribution >= 4 is 6.29 Å². The van der Waals surface area contributed by atoms with Crippen molar-refractivity contribution in [1.29, 1.82) is 0 Å². The van der Waals surface area contributed by atoms with Crippen LogP contribution in [0.4, 0.5) is 4.39 Å². The highest BCUT2D eigenvalue weighted by atomic mass is 19.1. The first-order valence-electron chi connectivity index (χ1n) is 4.29. The van der Waals surface area contributed by atoms with E-state index in [4.69, 9.17) is 9.47 Å². The fourth-order valence-electron chi connectivity index (χ4n) is 1.34. The van der Waals surface area contributed by atoms with Gasteiger partial charge in [0.2, 0.25) is 0 Å². The Balaban J connectivity index is 2.27. The number of aldehydes is 1. The molecule has 0 atom stereocenters. The van der Waals surface area contributed by atoms with E-state index >= 15 is 0 Å². The molecular formula is C10H9FO3.